The highest BCUT2D eigenvalue weighted by molar-refractivity contribution is 6.21. The summed E-state index contributed by atoms with van der Waals surface area (Å²) in [4.78, 5) is 26.1. The number of hydrogen-bond donors (Lipinski definition) is 2. The molecule has 1 unspecified atom stereocenters. The van der Waals surface area contributed by atoms with Crippen LogP contribution in [-0.4, -0.2) is 29.3 Å². The molecule has 3 N–H and O–H groups in total. The van der Waals surface area contributed by atoms with Crippen molar-refractivity contribution in [2.75, 3.05) is 11.9 Å². The molecule has 0 fully saturated rings. The first-order valence-corrected chi connectivity index (χ1v) is 9.26. The number of carbonyl (C=O) groups excluding carboxylic acids is 2. The maximum Gasteiger partial charge on any atom is 0.261 e. The van der Waals surface area contributed by atoms with E-state index in [1.807, 2.05) is 37.3 Å². The van der Waals surface area contributed by atoms with E-state index in [0.717, 1.165) is 29.8 Å². The van der Waals surface area contributed by atoms with Gasteiger partial charge in [-0.15, -0.1) is 0 Å². The van der Waals surface area contributed by atoms with Gasteiger partial charge in [0.2, 0.25) is 0 Å². The summed E-state index contributed by atoms with van der Waals surface area (Å²) in [5.41, 5.74) is 9.77. The molecule has 0 saturated carbocycles. The summed E-state index contributed by atoms with van der Waals surface area (Å²) in [6.45, 7) is 4.43. The van der Waals surface area contributed by atoms with Gasteiger partial charge in [0.25, 0.3) is 11.8 Å². The first kappa shape index (κ1) is 18.7. The monoisotopic (exact) mass is 363 g/mol. The normalized spacial score (nSPS) is 15.0. The maximum absolute atomic E-state index is 12.4. The number of allylic oxidation sites excluding steroid dienone is 1. The van der Waals surface area contributed by atoms with E-state index in [0.29, 0.717) is 17.7 Å². The number of rotatable bonds is 7. The number of para-hydroxylation sites is 1. The summed E-state index contributed by atoms with van der Waals surface area (Å²) in [5, 5.41) is 3.48. The van der Waals surface area contributed by atoms with E-state index in [9.17, 15) is 9.59 Å². The fourth-order valence-electron chi connectivity index (χ4n) is 3.35. The van der Waals surface area contributed by atoms with E-state index >= 15 is 0 Å². The SMILES string of the molecule is C/C=C(/N)c1ccccc1NC(C)CCCN1C(=O)c2ccccc2C1=O. The predicted octanol–water partition coefficient (Wildman–Crippen LogP) is 3.88. The van der Waals surface area contributed by atoms with Crippen molar-refractivity contribution in [2.45, 2.75) is 32.7 Å². The molecule has 27 heavy (non-hydrogen) atoms. The van der Waals surface area contributed by atoms with E-state index < -0.39 is 0 Å². The minimum atomic E-state index is -0.192. The smallest absolute Gasteiger partial charge is 0.261 e. The van der Waals surface area contributed by atoms with Gasteiger partial charge >= 0.3 is 0 Å². The number of nitrogens with zero attached hydrogens (tertiary/aromatic N) is 1. The lowest BCUT2D eigenvalue weighted by Crippen LogP contribution is -2.31. The molecule has 3 rings (SSSR count). The number of carbonyl (C=O) groups is 2. The summed E-state index contributed by atoms with van der Waals surface area (Å²) in [5.74, 6) is -0.384. The Morgan fingerprint density at radius 1 is 1.07 bits per heavy atom. The van der Waals surface area contributed by atoms with Crippen molar-refractivity contribution in [1.29, 1.82) is 0 Å². The second kappa shape index (κ2) is 8.08. The first-order chi connectivity index (χ1) is 13.0. The standard InChI is InChI=1S/C22H25N3O2/c1-3-19(23)18-12-6-7-13-20(18)24-15(2)9-8-14-25-21(26)16-10-4-5-11-17(16)22(25)27/h3-7,10-13,15,24H,8-9,14,23H2,1-2H3/b19-3+. The van der Waals surface area contributed by atoms with Crippen LogP contribution in [0.3, 0.4) is 0 Å². The molecule has 0 aliphatic carbocycles. The average Bonchev–Trinajstić information content (AvgIpc) is 2.93. The molecule has 0 saturated heterocycles. The van der Waals surface area contributed by atoms with E-state index in [1.165, 1.54) is 4.90 Å². The third-order valence-electron chi connectivity index (χ3n) is 4.85. The van der Waals surface area contributed by atoms with Gasteiger partial charge in [0.1, 0.15) is 0 Å². The van der Waals surface area contributed by atoms with Gasteiger partial charge in [-0.05, 0) is 44.9 Å². The Morgan fingerprint density at radius 3 is 2.30 bits per heavy atom. The van der Waals surface area contributed by atoms with Crippen LogP contribution in [0, 0.1) is 0 Å². The fraction of sp³-hybridized carbons (Fsp3) is 0.273. The molecule has 2 aromatic carbocycles. The largest absolute Gasteiger partial charge is 0.398 e. The lowest BCUT2D eigenvalue weighted by Gasteiger charge is -2.20. The molecule has 5 nitrogen and oxygen atoms in total. The van der Waals surface area contributed by atoms with Crippen molar-refractivity contribution >= 4 is 23.2 Å². The Bertz CT molecular complexity index is 854. The highest BCUT2D eigenvalue weighted by atomic mass is 16.2. The van der Waals surface area contributed by atoms with Gasteiger partial charge in [0, 0.05) is 29.5 Å². The highest BCUT2D eigenvalue weighted by Gasteiger charge is 2.34. The van der Waals surface area contributed by atoms with Crippen LogP contribution in [-0.2, 0) is 0 Å². The van der Waals surface area contributed by atoms with Crippen LogP contribution in [0.25, 0.3) is 5.70 Å². The van der Waals surface area contributed by atoms with Gasteiger partial charge in [-0.25, -0.2) is 0 Å². The molecular formula is C22H25N3O2. The number of imide groups is 1. The summed E-state index contributed by atoms with van der Waals surface area (Å²) < 4.78 is 0. The van der Waals surface area contributed by atoms with E-state index in [2.05, 4.69) is 12.2 Å². The molecule has 0 radical (unpaired) electrons. The van der Waals surface area contributed by atoms with Crippen molar-refractivity contribution < 1.29 is 9.59 Å². The fourth-order valence-corrected chi connectivity index (χ4v) is 3.35. The first-order valence-electron chi connectivity index (χ1n) is 9.26. The number of anilines is 1. The van der Waals surface area contributed by atoms with Gasteiger partial charge in [-0.3, -0.25) is 14.5 Å². The summed E-state index contributed by atoms with van der Waals surface area (Å²) in [6, 6.07) is 15.1. The minimum Gasteiger partial charge on any atom is -0.398 e. The number of fused-ring (bicyclic) bond motifs is 1. The van der Waals surface area contributed by atoms with Crippen molar-refractivity contribution in [3.8, 4) is 0 Å². The lowest BCUT2D eigenvalue weighted by molar-refractivity contribution is 0.0651. The van der Waals surface area contributed by atoms with Crippen LogP contribution in [0.4, 0.5) is 5.69 Å². The Morgan fingerprint density at radius 2 is 1.67 bits per heavy atom. The molecule has 0 spiro atoms. The van der Waals surface area contributed by atoms with Gasteiger partial charge < -0.3 is 11.1 Å². The molecule has 1 atom stereocenters. The molecule has 0 aromatic heterocycles. The van der Waals surface area contributed by atoms with Crippen LogP contribution in [0.1, 0.15) is 53.0 Å². The van der Waals surface area contributed by atoms with E-state index in [-0.39, 0.29) is 17.9 Å². The Labute approximate surface area is 159 Å². The Balaban J connectivity index is 1.56. The molecule has 1 aliphatic rings. The van der Waals surface area contributed by atoms with Gasteiger partial charge in [0.15, 0.2) is 0 Å². The second-order valence-corrected chi connectivity index (χ2v) is 6.78. The maximum atomic E-state index is 12.4. The zero-order valence-corrected chi connectivity index (χ0v) is 15.7. The van der Waals surface area contributed by atoms with Gasteiger partial charge in [-0.2, -0.15) is 0 Å². The number of amides is 2. The van der Waals surface area contributed by atoms with Crippen LogP contribution in [0.15, 0.2) is 54.6 Å². The molecule has 2 aromatic rings. The summed E-state index contributed by atoms with van der Waals surface area (Å²) >= 11 is 0. The van der Waals surface area contributed by atoms with Crippen molar-refractivity contribution in [1.82, 2.24) is 4.90 Å². The zero-order valence-electron chi connectivity index (χ0n) is 15.7. The van der Waals surface area contributed by atoms with Crippen molar-refractivity contribution in [3.05, 3.63) is 71.3 Å². The highest BCUT2D eigenvalue weighted by Crippen LogP contribution is 2.24. The zero-order chi connectivity index (χ0) is 19.4. The van der Waals surface area contributed by atoms with E-state index in [4.69, 9.17) is 5.73 Å². The van der Waals surface area contributed by atoms with Crippen LogP contribution < -0.4 is 11.1 Å². The van der Waals surface area contributed by atoms with E-state index in [1.54, 1.807) is 24.3 Å². The van der Waals surface area contributed by atoms with Crippen LogP contribution in [0.5, 0.6) is 0 Å². The van der Waals surface area contributed by atoms with Crippen molar-refractivity contribution in [2.24, 2.45) is 5.73 Å². The number of nitrogens with one attached hydrogen (secondary N) is 1. The summed E-state index contributed by atoms with van der Waals surface area (Å²) in [6.07, 6.45) is 3.45. The quantitative estimate of drug-likeness (QED) is 0.732. The Kier molecular flexibility index (Phi) is 5.60. The molecule has 140 valence electrons. The second-order valence-electron chi connectivity index (χ2n) is 6.78. The van der Waals surface area contributed by atoms with Gasteiger partial charge in [-0.1, -0.05) is 36.4 Å². The number of hydrogen-bond acceptors (Lipinski definition) is 4. The third-order valence-corrected chi connectivity index (χ3v) is 4.85. The van der Waals surface area contributed by atoms with Crippen LogP contribution >= 0.6 is 0 Å². The van der Waals surface area contributed by atoms with Crippen LogP contribution in [0.2, 0.25) is 0 Å². The topological polar surface area (TPSA) is 75.4 Å². The minimum absolute atomic E-state index is 0.186. The third kappa shape index (κ3) is 3.87. The summed E-state index contributed by atoms with van der Waals surface area (Å²) in [7, 11) is 0. The molecular weight excluding hydrogens is 338 g/mol. The molecule has 1 heterocycles. The Hall–Kier alpha value is -3.08. The number of benzene rings is 2. The number of nitrogens with two attached hydrogens (primary N) is 1. The predicted molar refractivity (Wildman–Crippen MR) is 108 cm³/mol. The molecule has 2 amide bonds. The molecule has 0 bridgehead atoms. The van der Waals surface area contributed by atoms with Crippen molar-refractivity contribution in [3.63, 3.8) is 0 Å². The lowest BCUT2D eigenvalue weighted by atomic mass is 10.1. The molecule has 5 heteroatoms. The average molecular weight is 363 g/mol. The molecule has 1 aliphatic heterocycles. The van der Waals surface area contributed by atoms with Gasteiger partial charge in [0.05, 0.1) is 11.1 Å².